The van der Waals surface area contributed by atoms with Crippen LogP contribution in [0.25, 0.3) is 0 Å². The number of halogens is 2. The zero-order valence-corrected chi connectivity index (χ0v) is 15.2. The molecular weight excluding hydrogens is 404 g/mol. The summed E-state index contributed by atoms with van der Waals surface area (Å²) in [4.78, 5) is 0. The Balaban J connectivity index is 2.52. The van der Waals surface area contributed by atoms with Crippen molar-refractivity contribution in [1.29, 1.82) is 0 Å². The molecule has 0 fully saturated rings. The normalized spacial score (nSPS) is 15.4. The highest BCUT2D eigenvalue weighted by molar-refractivity contribution is 9.10. The Morgan fingerprint density at radius 3 is 1.68 bits per heavy atom. The molecule has 0 bridgehead atoms. The summed E-state index contributed by atoms with van der Waals surface area (Å²) < 4.78 is 34.0. The molecule has 0 aromatic heterocycles. The van der Waals surface area contributed by atoms with Crippen molar-refractivity contribution >= 4 is 31.9 Å². The third-order valence-corrected chi connectivity index (χ3v) is 4.62. The zero-order chi connectivity index (χ0) is 19.6. The molecule has 0 aliphatic carbocycles. The van der Waals surface area contributed by atoms with E-state index < -0.39 is 18.3 Å². The Morgan fingerprint density at radius 2 is 1.36 bits per heavy atom. The monoisotopic (exact) mass is 426 g/mol. The fourth-order valence-corrected chi connectivity index (χ4v) is 2.92. The van der Waals surface area contributed by atoms with Crippen molar-refractivity contribution in [2.45, 2.75) is 19.2 Å². The minimum atomic E-state index is -3.02. The van der Waals surface area contributed by atoms with Gasteiger partial charge in [0.2, 0.25) is 0 Å². The summed E-state index contributed by atoms with van der Waals surface area (Å²) in [6, 6.07) is 14.8. The summed E-state index contributed by atoms with van der Waals surface area (Å²) >= 11 is 6.75. The number of allylic oxidation sites excluding steroid dienone is 1. The molecule has 3 heteroatoms. The van der Waals surface area contributed by atoms with Gasteiger partial charge in [-0.15, -0.1) is 6.58 Å². The second kappa shape index (κ2) is 8.09. The maximum absolute atomic E-state index is 9.95. The first kappa shape index (κ1) is 12.5. The lowest BCUT2D eigenvalue weighted by Gasteiger charge is -2.30. The zero-order valence-electron chi connectivity index (χ0n) is 16.0. The average molecular weight is 428 g/mol. The molecule has 0 unspecified atom stereocenters. The molecule has 0 amide bonds. The Morgan fingerprint density at radius 1 is 0.955 bits per heavy atom. The maximum Gasteiger partial charge on any atom is 0.0564 e. The fraction of sp³-hybridized carbons (Fsp3) is 0.263. The van der Waals surface area contributed by atoms with Crippen LogP contribution in [-0.4, -0.2) is 11.7 Å². The van der Waals surface area contributed by atoms with Crippen LogP contribution in [0.2, 0.25) is 0 Å². The SMILES string of the molecule is [2H]C([2H])(O)C([2H])([2H])C(C=C)(Cc1ccc(Br)cc1)Cc1ccc(Br)cc1. The lowest BCUT2D eigenvalue weighted by molar-refractivity contribution is 0.217. The van der Waals surface area contributed by atoms with Gasteiger partial charge in [0, 0.05) is 18.2 Å². The van der Waals surface area contributed by atoms with Crippen molar-refractivity contribution < 1.29 is 10.6 Å². The van der Waals surface area contributed by atoms with Gasteiger partial charge in [-0.1, -0.05) is 62.2 Å². The van der Waals surface area contributed by atoms with Gasteiger partial charge >= 0.3 is 0 Å². The number of benzene rings is 2. The number of aliphatic hydroxyl groups is 1. The van der Waals surface area contributed by atoms with Crippen molar-refractivity contribution in [1.82, 2.24) is 0 Å². The molecule has 0 aliphatic heterocycles. The maximum atomic E-state index is 9.95. The van der Waals surface area contributed by atoms with Crippen LogP contribution in [0.4, 0.5) is 0 Å². The van der Waals surface area contributed by atoms with E-state index in [1.807, 2.05) is 48.5 Å². The van der Waals surface area contributed by atoms with E-state index in [-0.39, 0.29) is 12.8 Å². The van der Waals surface area contributed by atoms with Gasteiger partial charge in [0.15, 0.2) is 0 Å². The first-order chi connectivity index (χ1) is 12.0. The Kier molecular flexibility index (Phi) is 4.60. The van der Waals surface area contributed by atoms with E-state index in [1.165, 1.54) is 6.08 Å². The molecule has 2 aromatic rings. The van der Waals surface area contributed by atoms with Gasteiger partial charge in [-0.2, -0.15) is 0 Å². The van der Waals surface area contributed by atoms with E-state index in [9.17, 15) is 5.11 Å². The lowest BCUT2D eigenvalue weighted by atomic mass is 9.74. The summed E-state index contributed by atoms with van der Waals surface area (Å²) in [5, 5.41) is 9.95. The van der Waals surface area contributed by atoms with Crippen molar-refractivity contribution in [3.8, 4) is 0 Å². The highest BCUT2D eigenvalue weighted by Crippen LogP contribution is 2.33. The van der Waals surface area contributed by atoms with Crippen molar-refractivity contribution in [2.75, 3.05) is 6.56 Å². The first-order valence-electron chi connectivity index (χ1n) is 8.86. The average Bonchev–Trinajstić information content (AvgIpc) is 2.57. The summed E-state index contributed by atoms with van der Waals surface area (Å²) in [6.45, 7) is 0.782. The quantitative estimate of drug-likeness (QED) is 0.574. The van der Waals surface area contributed by atoms with Crippen molar-refractivity contribution in [3.05, 3.63) is 81.3 Å². The fourth-order valence-electron chi connectivity index (χ4n) is 2.39. The molecule has 0 aliphatic rings. The van der Waals surface area contributed by atoms with Crippen LogP contribution in [0.15, 0.2) is 70.1 Å². The number of hydrogen-bond acceptors (Lipinski definition) is 1. The molecule has 0 saturated heterocycles. The van der Waals surface area contributed by atoms with Crippen molar-refractivity contribution in [2.24, 2.45) is 5.41 Å². The van der Waals surface area contributed by atoms with Gasteiger partial charge in [0.05, 0.1) is 2.74 Å². The Bertz CT molecular complexity index is 705. The minimum absolute atomic E-state index is 0.201. The summed E-state index contributed by atoms with van der Waals surface area (Å²) in [5.74, 6) is 0. The predicted octanol–water partition coefficient (Wildman–Crippen LogP) is 5.55. The van der Waals surface area contributed by atoms with E-state index in [2.05, 4.69) is 38.4 Å². The molecule has 0 atom stereocenters. The standard InChI is InChI=1S/C19H20Br2O/c1-2-19(11-12-22,13-15-3-7-17(20)8-4-15)14-16-5-9-18(21)10-6-16/h2-10,22H,1,11-14H2/i11D2,12D2. The molecule has 1 nitrogen and oxygen atoms in total. The molecule has 22 heavy (non-hydrogen) atoms. The molecular formula is C19H20Br2O. The van der Waals surface area contributed by atoms with Crippen LogP contribution < -0.4 is 0 Å². The van der Waals surface area contributed by atoms with E-state index in [0.717, 1.165) is 20.1 Å². The van der Waals surface area contributed by atoms with Gasteiger partial charge < -0.3 is 5.11 Å². The van der Waals surface area contributed by atoms with E-state index in [4.69, 9.17) is 5.48 Å². The molecule has 0 heterocycles. The molecule has 0 radical (unpaired) electrons. The second-order valence-corrected chi connectivity index (χ2v) is 7.03. The summed E-state index contributed by atoms with van der Waals surface area (Å²) in [6.07, 6.45) is -0.715. The predicted molar refractivity (Wildman–Crippen MR) is 100 cm³/mol. The van der Waals surface area contributed by atoms with Gasteiger partial charge in [0.1, 0.15) is 0 Å². The topological polar surface area (TPSA) is 20.2 Å². The highest BCUT2D eigenvalue weighted by Gasteiger charge is 2.27. The Labute approximate surface area is 155 Å². The van der Waals surface area contributed by atoms with Gasteiger partial charge in [-0.25, -0.2) is 0 Å². The van der Waals surface area contributed by atoms with Gasteiger partial charge in [-0.3, -0.25) is 0 Å². The van der Waals surface area contributed by atoms with E-state index in [0.29, 0.717) is 0 Å². The van der Waals surface area contributed by atoms with Crippen molar-refractivity contribution in [3.63, 3.8) is 0 Å². The molecule has 1 N–H and O–H groups in total. The van der Waals surface area contributed by atoms with Crippen LogP contribution in [0.1, 0.15) is 23.0 Å². The molecule has 2 rings (SSSR count). The lowest BCUT2D eigenvalue weighted by Crippen LogP contribution is -2.25. The third-order valence-electron chi connectivity index (χ3n) is 3.56. The van der Waals surface area contributed by atoms with Gasteiger partial charge in [0.25, 0.3) is 0 Å². The van der Waals surface area contributed by atoms with Crippen LogP contribution >= 0.6 is 31.9 Å². The summed E-state index contributed by atoms with van der Waals surface area (Å²) in [5.41, 5.74) is 0.323. The van der Waals surface area contributed by atoms with Crippen LogP contribution in [0.3, 0.4) is 0 Å². The number of rotatable bonds is 7. The molecule has 116 valence electrons. The largest absolute Gasteiger partial charge is 0.396 e. The van der Waals surface area contributed by atoms with Crippen LogP contribution in [0, 0.1) is 5.41 Å². The Hall–Kier alpha value is -0.900. The van der Waals surface area contributed by atoms with Crippen LogP contribution in [-0.2, 0) is 12.8 Å². The highest BCUT2D eigenvalue weighted by atomic mass is 79.9. The summed E-state index contributed by atoms with van der Waals surface area (Å²) in [7, 11) is 0. The van der Waals surface area contributed by atoms with Gasteiger partial charge in [-0.05, 0) is 60.0 Å². The minimum Gasteiger partial charge on any atom is -0.396 e. The van der Waals surface area contributed by atoms with E-state index in [1.54, 1.807) is 0 Å². The molecule has 0 saturated carbocycles. The second-order valence-electron chi connectivity index (χ2n) is 5.20. The number of hydrogen-bond donors (Lipinski definition) is 1. The molecule has 0 spiro atoms. The molecule has 2 aromatic carbocycles. The van der Waals surface area contributed by atoms with Crippen LogP contribution in [0.5, 0.6) is 0 Å². The van der Waals surface area contributed by atoms with E-state index >= 15 is 0 Å². The smallest absolute Gasteiger partial charge is 0.0564 e. The third kappa shape index (κ3) is 4.80. The first-order valence-corrected chi connectivity index (χ1v) is 8.44.